The fourth-order valence-electron chi connectivity index (χ4n) is 0. The Morgan fingerprint density at radius 1 is 1.50 bits per heavy atom. The Bertz CT molecular complexity index is 6.00. The van der Waals surface area contributed by atoms with Crippen molar-refractivity contribution in [1.82, 2.24) is 0 Å². The van der Waals surface area contributed by atoms with Crippen LogP contribution in [0.4, 0.5) is 0 Å². The van der Waals surface area contributed by atoms with Gasteiger partial charge in [-0.3, -0.25) is 0 Å². The first-order valence-electron chi connectivity index (χ1n) is 1.09. The molecule has 0 spiro atoms. The predicted molar refractivity (Wildman–Crippen MR) is 26.8 cm³/mol. The second-order valence-corrected chi connectivity index (χ2v) is 0. The van der Waals surface area contributed by atoms with Gasteiger partial charge in [0, 0.05) is 0 Å². The minimum atomic E-state index is 0.535. The molecule has 0 heterocycles. The van der Waals surface area contributed by atoms with Crippen molar-refractivity contribution in [3.05, 3.63) is 6.92 Å². The van der Waals surface area contributed by atoms with E-state index in [0.717, 1.165) is 0 Å². The zero-order valence-corrected chi connectivity index (χ0v) is 8.04. The first-order valence-corrected chi connectivity index (χ1v) is 6.60. The van der Waals surface area contributed by atoms with E-state index in [2.05, 4.69) is 6.92 Å². The molecule has 0 nitrogen and oxygen atoms in total. The third kappa shape index (κ3) is 13.7. The maximum atomic E-state index is 4.83. The summed E-state index contributed by atoms with van der Waals surface area (Å²) in [6.07, 6.45) is 0. The molecule has 0 aliphatic heterocycles. The second-order valence-electron chi connectivity index (χ2n) is 0. The zero-order valence-electron chi connectivity index (χ0n) is 3.09. The quantitative estimate of drug-likeness (QED) is 0.426. The van der Waals surface area contributed by atoms with Crippen molar-refractivity contribution in [1.29, 1.82) is 0 Å². The van der Waals surface area contributed by atoms with Crippen LogP contribution < -0.4 is 0 Å². The van der Waals surface area contributed by atoms with Gasteiger partial charge in [0.05, 0.1) is 0 Å². The van der Waals surface area contributed by atoms with Crippen LogP contribution in [0.5, 0.6) is 0 Å². The summed E-state index contributed by atoms with van der Waals surface area (Å²) in [6.45, 7) is 5.00. The molecule has 0 amide bonds. The summed E-state index contributed by atoms with van der Waals surface area (Å²) < 4.78 is 0. The van der Waals surface area contributed by atoms with Crippen LogP contribution in [0.15, 0.2) is 0 Å². The Morgan fingerprint density at radius 3 is 1.50 bits per heavy atom. The van der Waals surface area contributed by atoms with E-state index in [9.17, 15) is 0 Å². The standard InChI is InChI=1S/C2H5.ClGeH3/c2*1-2/h1H2,2H3;2H3. The monoisotopic (exact) mass is 141 g/mol. The van der Waals surface area contributed by atoms with Gasteiger partial charge in [-0.25, -0.2) is 0 Å². The molecule has 0 unspecified atom stereocenters. The Hall–Kier alpha value is 0.833. The van der Waals surface area contributed by atoms with E-state index in [1.54, 1.807) is 6.92 Å². The van der Waals surface area contributed by atoms with Crippen LogP contribution in [0.2, 0.25) is 0 Å². The van der Waals surface area contributed by atoms with E-state index < -0.39 is 0 Å². The van der Waals surface area contributed by atoms with Crippen molar-refractivity contribution >= 4 is 25.6 Å². The van der Waals surface area contributed by atoms with E-state index in [-0.39, 0.29) is 0 Å². The Kier molecular flexibility index (Phi) is 98.1. The van der Waals surface area contributed by atoms with Gasteiger partial charge in [-0.05, 0) is 0 Å². The van der Waals surface area contributed by atoms with E-state index in [1.807, 2.05) is 0 Å². The molecule has 0 aromatic heterocycles. The average molecular weight is 140 g/mol. The van der Waals surface area contributed by atoms with Gasteiger partial charge in [-0.1, -0.05) is 13.8 Å². The van der Waals surface area contributed by atoms with Crippen LogP contribution in [0, 0.1) is 6.92 Å². The Balaban J connectivity index is 0. The molecule has 0 aliphatic carbocycles. The van der Waals surface area contributed by atoms with E-state index in [1.165, 1.54) is 0 Å². The molecule has 0 saturated carbocycles. The molecule has 27 valence electrons. The molecular formula is C2H8ClGe. The third-order valence-corrected chi connectivity index (χ3v) is 0. The van der Waals surface area contributed by atoms with Crippen molar-refractivity contribution in [3.63, 3.8) is 0 Å². The summed E-state index contributed by atoms with van der Waals surface area (Å²) in [7, 11) is 4.83. The minimum absolute atomic E-state index is 0.535. The number of rotatable bonds is 0. The fraction of sp³-hybridized carbons (Fsp3) is 0.500. The van der Waals surface area contributed by atoms with Crippen molar-refractivity contribution in [2.75, 3.05) is 0 Å². The normalized spacial score (nSPS) is 3.75. The molecule has 1 radical (unpaired) electrons. The molecule has 0 bridgehead atoms. The Morgan fingerprint density at radius 2 is 1.50 bits per heavy atom. The summed E-state index contributed by atoms with van der Waals surface area (Å²) in [6, 6.07) is 0. The van der Waals surface area contributed by atoms with Crippen LogP contribution >= 0.6 is 10.0 Å². The topological polar surface area (TPSA) is 0 Å². The summed E-state index contributed by atoms with van der Waals surface area (Å²) in [5, 5.41) is 0. The first kappa shape index (κ1) is 8.85. The van der Waals surface area contributed by atoms with Gasteiger partial charge < -0.3 is 0 Å². The van der Waals surface area contributed by atoms with Gasteiger partial charge in [0.25, 0.3) is 0 Å². The maximum absolute atomic E-state index is 4.83. The average Bonchev–Trinajstić information content (AvgIpc) is 1.50. The summed E-state index contributed by atoms with van der Waals surface area (Å²) in [4.78, 5) is 0. The second kappa shape index (κ2) is 44.3. The van der Waals surface area contributed by atoms with Crippen LogP contribution in [0.3, 0.4) is 0 Å². The zero-order chi connectivity index (χ0) is 4.00. The molecule has 0 aromatic rings. The first-order chi connectivity index (χ1) is 2.00. The van der Waals surface area contributed by atoms with Gasteiger partial charge in [-0.15, -0.1) is 0 Å². The van der Waals surface area contributed by atoms with Crippen LogP contribution in [0.25, 0.3) is 0 Å². The Labute approximate surface area is 39.9 Å². The summed E-state index contributed by atoms with van der Waals surface area (Å²) in [5.74, 6) is 0. The number of hydrogen-bond donors (Lipinski definition) is 0. The molecule has 0 N–H and O–H groups in total. The number of halogens is 1. The van der Waals surface area contributed by atoms with Crippen LogP contribution in [0.1, 0.15) is 6.92 Å². The summed E-state index contributed by atoms with van der Waals surface area (Å²) >= 11 is 0.535. The molecule has 0 aromatic carbocycles. The molecule has 0 fully saturated rings. The SMILES string of the molecule is [CH2]C.[Cl][GeH3]. The van der Waals surface area contributed by atoms with Crippen LogP contribution in [-0.4, -0.2) is 15.6 Å². The van der Waals surface area contributed by atoms with Gasteiger partial charge in [-0.2, -0.15) is 0 Å². The molecule has 4 heavy (non-hydrogen) atoms. The van der Waals surface area contributed by atoms with Gasteiger partial charge in [0.2, 0.25) is 0 Å². The van der Waals surface area contributed by atoms with Gasteiger partial charge in [0.1, 0.15) is 0 Å². The van der Waals surface area contributed by atoms with Gasteiger partial charge in [0.15, 0.2) is 0 Å². The van der Waals surface area contributed by atoms with Crippen molar-refractivity contribution in [3.8, 4) is 0 Å². The molecule has 0 aliphatic rings. The molecule has 0 rings (SSSR count). The fourth-order valence-corrected chi connectivity index (χ4v) is 0. The van der Waals surface area contributed by atoms with Crippen molar-refractivity contribution < 1.29 is 0 Å². The van der Waals surface area contributed by atoms with E-state index in [0.29, 0.717) is 15.6 Å². The molecule has 2 heteroatoms. The van der Waals surface area contributed by atoms with Crippen molar-refractivity contribution in [2.45, 2.75) is 6.92 Å². The van der Waals surface area contributed by atoms with E-state index >= 15 is 0 Å². The predicted octanol–water partition coefficient (Wildman–Crippen LogP) is 0.346. The molecule has 0 atom stereocenters. The van der Waals surface area contributed by atoms with E-state index in [4.69, 9.17) is 10.0 Å². The van der Waals surface area contributed by atoms with Crippen LogP contribution in [-0.2, 0) is 0 Å². The molecular weight excluding hydrogens is 132 g/mol. The van der Waals surface area contributed by atoms with Crippen molar-refractivity contribution in [2.24, 2.45) is 0 Å². The third-order valence-electron chi connectivity index (χ3n) is 0. The summed E-state index contributed by atoms with van der Waals surface area (Å²) in [5.41, 5.74) is 0. The molecule has 0 saturated heterocycles. The number of hydrogen-bond acceptors (Lipinski definition) is 0. The van der Waals surface area contributed by atoms with Gasteiger partial charge >= 0.3 is 25.6 Å².